The highest BCUT2D eigenvalue weighted by Crippen LogP contribution is 1.84. The van der Waals surface area contributed by atoms with E-state index in [-0.39, 0.29) is 0 Å². The van der Waals surface area contributed by atoms with Gasteiger partial charge in [-0.05, 0) is 26.3 Å². The van der Waals surface area contributed by atoms with Crippen molar-refractivity contribution in [2.75, 3.05) is 13.1 Å². The summed E-state index contributed by atoms with van der Waals surface area (Å²) in [5, 5.41) is 9.58. The fourth-order valence-corrected chi connectivity index (χ4v) is 0.661. The van der Waals surface area contributed by atoms with Crippen molar-refractivity contribution in [2.45, 2.75) is 46.6 Å². The van der Waals surface area contributed by atoms with Crippen LogP contribution >= 0.6 is 0 Å². The predicted octanol–water partition coefficient (Wildman–Crippen LogP) is 2.54. The fourth-order valence-electron chi connectivity index (χ4n) is 0.661. The van der Waals surface area contributed by atoms with Crippen molar-refractivity contribution in [3.05, 3.63) is 0 Å². The molecule has 0 radical (unpaired) electrons. The highest BCUT2D eigenvalue weighted by molar-refractivity contribution is 5.35. The smallest absolute Gasteiger partial charge is 0.0861 e. The van der Waals surface area contributed by atoms with Gasteiger partial charge in [0.15, 0.2) is 0 Å². The lowest BCUT2D eigenvalue weighted by Gasteiger charge is -2.06. The standard InChI is InChI=1S/C6H15N.C4H8N2/c1-4-6(3)7-5-2;1-2-3-6-4-5/h6-7H,4-5H2,1-3H3;5H,2-3H2,1H3. The Balaban J connectivity index is 0. The average Bonchev–Trinajstić information content (AvgIpc) is 2.16. The first-order chi connectivity index (χ1) is 6.22. The largest absolute Gasteiger partial charge is 0.315 e. The Morgan fingerprint density at radius 2 is 2.00 bits per heavy atom. The molecule has 0 aromatic heterocycles. The molecule has 1 atom stereocenters. The zero-order valence-electron chi connectivity index (χ0n) is 9.35. The highest BCUT2D eigenvalue weighted by atomic mass is 14.9. The molecule has 0 bridgehead atoms. The normalized spacial score (nSPS) is 10.8. The third-order valence-corrected chi connectivity index (χ3v) is 1.58. The van der Waals surface area contributed by atoms with Gasteiger partial charge in [0.25, 0.3) is 0 Å². The van der Waals surface area contributed by atoms with Gasteiger partial charge in [0.1, 0.15) is 0 Å². The number of rotatable bonds is 5. The third kappa shape index (κ3) is 18.4. The number of hydrogen-bond donors (Lipinski definition) is 2. The van der Waals surface area contributed by atoms with E-state index in [4.69, 9.17) is 5.41 Å². The quantitative estimate of drug-likeness (QED) is 0.635. The van der Waals surface area contributed by atoms with Crippen LogP contribution in [-0.4, -0.2) is 25.1 Å². The maximum Gasteiger partial charge on any atom is 0.0861 e. The Hall–Kier alpha value is -0.660. The van der Waals surface area contributed by atoms with Crippen LogP contribution in [0.5, 0.6) is 0 Å². The van der Waals surface area contributed by atoms with Crippen LogP contribution in [0.25, 0.3) is 0 Å². The van der Waals surface area contributed by atoms with E-state index in [0.29, 0.717) is 6.04 Å². The summed E-state index contributed by atoms with van der Waals surface area (Å²) in [6, 6.07) is 2.64. The molecule has 3 heteroatoms. The first kappa shape index (κ1) is 14.8. The Kier molecular flexibility index (Phi) is 15.9. The summed E-state index contributed by atoms with van der Waals surface area (Å²) in [6.07, 6.45) is 2.24. The van der Waals surface area contributed by atoms with Crippen molar-refractivity contribution in [3.8, 4) is 0 Å². The highest BCUT2D eigenvalue weighted by Gasteiger charge is 1.90. The Morgan fingerprint density at radius 3 is 2.15 bits per heavy atom. The molecule has 0 aliphatic rings. The maximum atomic E-state index is 6.29. The molecule has 78 valence electrons. The van der Waals surface area contributed by atoms with Crippen molar-refractivity contribution < 1.29 is 0 Å². The van der Waals surface area contributed by atoms with Crippen LogP contribution in [0, 0.1) is 5.41 Å². The molecule has 0 aromatic rings. The third-order valence-electron chi connectivity index (χ3n) is 1.58. The minimum atomic E-state index is 0.699. The van der Waals surface area contributed by atoms with E-state index in [1.807, 2.05) is 12.9 Å². The molecular formula is C10H23N3. The number of nitrogens with zero attached hydrogens (tertiary/aromatic N) is 1. The molecule has 3 nitrogen and oxygen atoms in total. The lowest BCUT2D eigenvalue weighted by molar-refractivity contribution is 0.553. The van der Waals surface area contributed by atoms with Crippen molar-refractivity contribution in [2.24, 2.45) is 4.99 Å². The van der Waals surface area contributed by atoms with Crippen molar-refractivity contribution in [1.29, 1.82) is 5.41 Å². The molecule has 0 aliphatic carbocycles. The van der Waals surface area contributed by atoms with Crippen LogP contribution in [-0.2, 0) is 0 Å². The van der Waals surface area contributed by atoms with Gasteiger partial charge in [0.2, 0.25) is 0 Å². The summed E-state index contributed by atoms with van der Waals surface area (Å²) in [5.41, 5.74) is 0. The monoisotopic (exact) mass is 185 g/mol. The number of aliphatic imine (C=N–C) groups is 1. The van der Waals surface area contributed by atoms with Gasteiger partial charge in [-0.25, -0.2) is 10.4 Å². The molecule has 0 amide bonds. The zero-order chi connectivity index (χ0) is 10.5. The summed E-state index contributed by atoms with van der Waals surface area (Å²) in [5.74, 6) is 0. The van der Waals surface area contributed by atoms with Gasteiger partial charge in [-0.3, -0.25) is 0 Å². The maximum absolute atomic E-state index is 6.29. The number of nitrogens with one attached hydrogen (secondary N) is 2. The van der Waals surface area contributed by atoms with Gasteiger partial charge in [-0.1, -0.05) is 20.8 Å². The first-order valence-electron chi connectivity index (χ1n) is 5.04. The second kappa shape index (κ2) is 13.9. The molecule has 0 aliphatic heterocycles. The van der Waals surface area contributed by atoms with E-state index in [2.05, 4.69) is 31.1 Å². The molecule has 0 heterocycles. The van der Waals surface area contributed by atoms with Gasteiger partial charge in [-0.15, -0.1) is 0 Å². The van der Waals surface area contributed by atoms with Gasteiger partial charge in [0, 0.05) is 12.6 Å². The fraction of sp³-hybridized carbons (Fsp3) is 0.900. The SMILES string of the molecule is CCCN=C=N.CCNC(C)CC. The molecular weight excluding hydrogens is 162 g/mol. The number of hydrogen-bond acceptors (Lipinski definition) is 3. The molecule has 2 N–H and O–H groups in total. The van der Waals surface area contributed by atoms with Gasteiger partial charge < -0.3 is 5.32 Å². The molecule has 0 saturated heterocycles. The lowest BCUT2D eigenvalue weighted by Crippen LogP contribution is -2.24. The second-order valence-corrected chi connectivity index (χ2v) is 2.86. The van der Waals surface area contributed by atoms with E-state index in [1.165, 1.54) is 6.42 Å². The van der Waals surface area contributed by atoms with E-state index >= 15 is 0 Å². The molecule has 0 fully saturated rings. The van der Waals surface area contributed by atoms with Crippen LogP contribution < -0.4 is 5.32 Å². The summed E-state index contributed by atoms with van der Waals surface area (Å²) in [7, 11) is 0. The Labute approximate surface area is 82.2 Å². The zero-order valence-corrected chi connectivity index (χ0v) is 9.35. The molecule has 0 spiro atoms. The predicted molar refractivity (Wildman–Crippen MR) is 58.7 cm³/mol. The van der Waals surface area contributed by atoms with E-state index in [1.54, 1.807) is 0 Å². The average molecular weight is 185 g/mol. The van der Waals surface area contributed by atoms with E-state index in [9.17, 15) is 0 Å². The Morgan fingerprint density at radius 1 is 1.38 bits per heavy atom. The van der Waals surface area contributed by atoms with Crippen LogP contribution in [0.4, 0.5) is 0 Å². The summed E-state index contributed by atoms with van der Waals surface area (Å²) < 4.78 is 0. The lowest BCUT2D eigenvalue weighted by atomic mass is 10.3. The van der Waals surface area contributed by atoms with Crippen molar-refractivity contribution >= 4 is 6.01 Å². The minimum Gasteiger partial charge on any atom is -0.315 e. The second-order valence-electron chi connectivity index (χ2n) is 2.86. The minimum absolute atomic E-state index is 0.699. The first-order valence-corrected chi connectivity index (χ1v) is 5.04. The molecule has 0 aromatic carbocycles. The van der Waals surface area contributed by atoms with Crippen LogP contribution in [0.3, 0.4) is 0 Å². The Bertz CT molecular complexity index is 128. The van der Waals surface area contributed by atoms with Crippen LogP contribution in [0.15, 0.2) is 4.99 Å². The summed E-state index contributed by atoms with van der Waals surface area (Å²) >= 11 is 0. The van der Waals surface area contributed by atoms with E-state index in [0.717, 1.165) is 19.5 Å². The summed E-state index contributed by atoms with van der Waals surface area (Å²) in [6.45, 7) is 10.4. The van der Waals surface area contributed by atoms with Crippen LogP contribution in [0.1, 0.15) is 40.5 Å². The van der Waals surface area contributed by atoms with Gasteiger partial charge >= 0.3 is 0 Å². The summed E-state index contributed by atoms with van der Waals surface area (Å²) in [4.78, 5) is 3.51. The molecule has 0 rings (SSSR count). The molecule has 1 unspecified atom stereocenters. The molecule has 0 saturated carbocycles. The molecule has 13 heavy (non-hydrogen) atoms. The van der Waals surface area contributed by atoms with Crippen molar-refractivity contribution in [1.82, 2.24) is 5.32 Å². The van der Waals surface area contributed by atoms with Crippen LogP contribution in [0.2, 0.25) is 0 Å². The topological polar surface area (TPSA) is 48.2 Å². The van der Waals surface area contributed by atoms with E-state index < -0.39 is 0 Å². The van der Waals surface area contributed by atoms with Gasteiger partial charge in [-0.2, -0.15) is 0 Å². The van der Waals surface area contributed by atoms with Crippen molar-refractivity contribution in [3.63, 3.8) is 0 Å². The van der Waals surface area contributed by atoms with Gasteiger partial charge in [0.05, 0.1) is 6.01 Å².